The number of phenols is 1. The van der Waals surface area contributed by atoms with E-state index in [9.17, 15) is 5.11 Å². The van der Waals surface area contributed by atoms with Crippen molar-refractivity contribution in [1.29, 1.82) is 0 Å². The van der Waals surface area contributed by atoms with E-state index in [4.69, 9.17) is 44.5 Å². The molecule has 39 heavy (non-hydrogen) atoms. The summed E-state index contributed by atoms with van der Waals surface area (Å²) in [5, 5.41) is 15.3. The SMILES string of the molecule is Oc1c(C=Nc2ccc(Cl)cc2[PH+](c2ccccc2)c2ccccc2)cccc1-c1ccccc1.[Cl][Ti]([Cl])[Cl]. The van der Waals surface area contributed by atoms with Gasteiger partial charge in [0, 0.05) is 28.4 Å². The molecule has 1 N–H and O–H groups in total. The van der Waals surface area contributed by atoms with Gasteiger partial charge < -0.3 is 5.11 Å². The Morgan fingerprint density at radius 1 is 0.667 bits per heavy atom. The molecule has 5 aromatic rings. The number of aliphatic imine (C=N–C) groups is 1. The minimum atomic E-state index is -1.92. The molecule has 0 atom stereocenters. The summed E-state index contributed by atoms with van der Waals surface area (Å²) in [6.07, 6.45) is 1.74. The van der Waals surface area contributed by atoms with E-state index in [1.807, 2.05) is 78.9 Å². The Kier molecular flexibility index (Phi) is 11.5. The first-order valence-corrected chi connectivity index (χ1v) is 20.3. The number of hydrogen-bond donors (Lipinski definition) is 1. The zero-order chi connectivity index (χ0) is 27.6. The summed E-state index contributed by atoms with van der Waals surface area (Å²) in [5.74, 6) is 0.217. The summed E-state index contributed by atoms with van der Waals surface area (Å²) in [4.78, 5) is 4.87. The number of halogens is 4. The third-order valence-electron chi connectivity index (χ3n) is 5.85. The van der Waals surface area contributed by atoms with Crippen LogP contribution in [-0.2, 0) is 14.7 Å². The molecule has 0 bridgehead atoms. The van der Waals surface area contributed by atoms with Crippen LogP contribution in [0, 0.1) is 0 Å². The molecular weight excluding hydrogens is 623 g/mol. The van der Waals surface area contributed by atoms with Crippen LogP contribution in [-0.4, -0.2) is 11.3 Å². The maximum absolute atomic E-state index is 11.0. The Morgan fingerprint density at radius 3 is 1.77 bits per heavy atom. The third-order valence-corrected chi connectivity index (χ3v) is 8.84. The maximum atomic E-state index is 11.0. The van der Waals surface area contributed by atoms with Crippen LogP contribution in [0.5, 0.6) is 5.75 Å². The summed E-state index contributed by atoms with van der Waals surface area (Å²) in [7, 11) is 13.6. The van der Waals surface area contributed by atoms with Crippen LogP contribution in [0.4, 0.5) is 5.69 Å². The minimum absolute atomic E-state index is 0.217. The standard InChI is InChI=1S/C31H23ClNOP.3ClH.Ti/c32-25-19-20-29(33-22-24-13-10-18-28(31(24)34)23-11-4-1-5-12-23)30(21-25)35(26-14-6-2-7-15-26)27-16-8-3-9-17-27;;;;/h1-22,34H;3*1H;/q;;;;+3/p-2. The Balaban J connectivity index is 0.000000826. The Labute approximate surface area is 253 Å². The fraction of sp³-hybridized carbons (Fsp3) is 0. The molecule has 0 fully saturated rings. The molecule has 5 aromatic carbocycles. The van der Waals surface area contributed by atoms with Crippen LogP contribution in [0.3, 0.4) is 0 Å². The monoisotopic (exact) mass is 645 g/mol. The normalized spacial score (nSPS) is 10.8. The molecule has 0 aliphatic rings. The molecule has 2 nitrogen and oxygen atoms in total. The number of phenolic OH excluding ortho intramolecular Hbond substituents is 1. The van der Waals surface area contributed by atoms with E-state index < -0.39 is 22.6 Å². The van der Waals surface area contributed by atoms with Crippen LogP contribution in [0.2, 0.25) is 5.02 Å². The third kappa shape index (κ3) is 8.43. The van der Waals surface area contributed by atoms with Crippen molar-refractivity contribution in [2.75, 3.05) is 0 Å². The molecule has 0 amide bonds. The van der Waals surface area contributed by atoms with E-state index in [1.54, 1.807) is 6.21 Å². The van der Waals surface area contributed by atoms with Gasteiger partial charge in [0.05, 0.1) is 0 Å². The van der Waals surface area contributed by atoms with E-state index in [0.717, 1.165) is 22.1 Å². The van der Waals surface area contributed by atoms with Gasteiger partial charge in [0.2, 0.25) is 0 Å². The van der Waals surface area contributed by atoms with E-state index in [1.165, 1.54) is 10.6 Å². The summed E-state index contributed by atoms with van der Waals surface area (Å²) in [6.45, 7) is 0. The second kappa shape index (κ2) is 15.0. The van der Waals surface area contributed by atoms with E-state index >= 15 is 0 Å². The van der Waals surface area contributed by atoms with Crippen LogP contribution in [0.25, 0.3) is 11.1 Å². The first-order valence-electron chi connectivity index (χ1n) is 12.0. The van der Waals surface area contributed by atoms with E-state index in [-0.39, 0.29) is 5.75 Å². The van der Waals surface area contributed by atoms with Gasteiger partial charge in [-0.3, -0.25) is 4.99 Å². The van der Waals surface area contributed by atoms with Gasteiger partial charge in [0.25, 0.3) is 0 Å². The molecule has 0 saturated carbocycles. The molecule has 0 saturated heterocycles. The Bertz CT molecular complexity index is 1480. The fourth-order valence-corrected chi connectivity index (χ4v) is 7.14. The van der Waals surface area contributed by atoms with Crippen molar-refractivity contribution in [3.05, 3.63) is 138 Å². The average Bonchev–Trinajstić information content (AvgIpc) is 2.95. The van der Waals surface area contributed by atoms with E-state index in [2.05, 4.69) is 48.5 Å². The number of nitrogens with zero attached hydrogens (tertiary/aromatic N) is 1. The second-order valence-corrected chi connectivity index (χ2v) is 19.0. The van der Waals surface area contributed by atoms with Gasteiger partial charge in [-0.25, -0.2) is 0 Å². The van der Waals surface area contributed by atoms with Gasteiger partial charge in [0.15, 0.2) is 0 Å². The van der Waals surface area contributed by atoms with E-state index in [0.29, 0.717) is 10.6 Å². The van der Waals surface area contributed by atoms with Crippen LogP contribution in [0.1, 0.15) is 5.56 Å². The van der Waals surface area contributed by atoms with Gasteiger partial charge in [-0.05, 0) is 48.0 Å². The molecule has 8 heteroatoms. The summed E-state index contributed by atoms with van der Waals surface area (Å²) in [5.41, 5.74) is 3.26. The summed E-state index contributed by atoms with van der Waals surface area (Å²) < 4.78 is 0. The number of hydrogen-bond acceptors (Lipinski definition) is 2. The molecule has 0 spiro atoms. The van der Waals surface area contributed by atoms with Crippen molar-refractivity contribution < 1.29 is 19.8 Å². The first-order chi connectivity index (χ1) is 18.9. The molecule has 0 aromatic heterocycles. The molecule has 0 radical (unpaired) electrons. The number of aromatic hydroxyl groups is 1. The van der Waals surface area contributed by atoms with Crippen LogP contribution < -0.4 is 15.9 Å². The first kappa shape index (κ1) is 29.8. The van der Waals surface area contributed by atoms with Gasteiger partial charge in [-0.15, -0.1) is 0 Å². The molecule has 0 aliphatic heterocycles. The summed E-state index contributed by atoms with van der Waals surface area (Å²) >= 11 is 4.57. The number of benzene rings is 5. The Hall–Kier alpha value is -2.13. The average molecular weight is 647 g/mol. The second-order valence-electron chi connectivity index (χ2n) is 8.35. The van der Waals surface area contributed by atoms with Crippen molar-refractivity contribution in [2.45, 2.75) is 0 Å². The van der Waals surface area contributed by atoms with Gasteiger partial charge in [-0.2, -0.15) is 0 Å². The molecule has 195 valence electrons. The van der Waals surface area contributed by atoms with Gasteiger partial charge in [0.1, 0.15) is 35.3 Å². The molecule has 0 unspecified atom stereocenters. The van der Waals surface area contributed by atoms with Crippen molar-refractivity contribution in [2.24, 2.45) is 4.99 Å². The van der Waals surface area contributed by atoms with Crippen LogP contribution >= 0.6 is 47.4 Å². The topological polar surface area (TPSA) is 32.6 Å². The van der Waals surface area contributed by atoms with Crippen molar-refractivity contribution in [1.82, 2.24) is 0 Å². The Morgan fingerprint density at radius 2 is 1.21 bits per heavy atom. The quantitative estimate of drug-likeness (QED) is 0.111. The van der Waals surface area contributed by atoms with Gasteiger partial charge >= 0.3 is 42.6 Å². The number of rotatable bonds is 6. The number of para-hydroxylation sites is 1. The fourth-order valence-electron chi connectivity index (χ4n) is 4.16. The predicted molar refractivity (Wildman–Crippen MR) is 170 cm³/mol. The zero-order valence-electron chi connectivity index (χ0n) is 20.6. The van der Waals surface area contributed by atoms with Crippen molar-refractivity contribution in [3.8, 4) is 16.9 Å². The molecule has 0 aliphatic carbocycles. The van der Waals surface area contributed by atoms with Crippen molar-refractivity contribution >= 4 is 75.3 Å². The summed E-state index contributed by atoms with van der Waals surface area (Å²) in [6, 6.07) is 42.5. The predicted octanol–water partition coefficient (Wildman–Crippen LogP) is 9.02. The molecule has 0 heterocycles. The zero-order valence-corrected chi connectivity index (χ0v) is 26.2. The molecular formula is C31H24Cl4NOPTi+. The van der Waals surface area contributed by atoms with Gasteiger partial charge in [-0.1, -0.05) is 90.5 Å². The molecule has 5 rings (SSSR count). The van der Waals surface area contributed by atoms with Crippen molar-refractivity contribution in [3.63, 3.8) is 0 Å². The van der Waals surface area contributed by atoms with Crippen LogP contribution in [0.15, 0.2) is 132 Å².